The second-order valence-corrected chi connectivity index (χ2v) is 5.75. The Kier molecular flexibility index (Phi) is 4.43. The van der Waals surface area contributed by atoms with E-state index in [2.05, 4.69) is 16.3 Å². The third-order valence-electron chi connectivity index (χ3n) is 4.20. The fourth-order valence-electron chi connectivity index (χ4n) is 2.81. The summed E-state index contributed by atoms with van der Waals surface area (Å²) in [4.78, 5) is 14.4. The SMILES string of the molecule is Cc1n[nH]c(C)c1CC(C)C(=O)N1CCC(C#N)CC1. The molecule has 2 rings (SSSR count). The standard InChI is InChI=1S/C15H22N4O/c1-10(8-14-11(2)17-18-12(14)3)15(20)19-6-4-13(9-16)5-7-19/h10,13H,4-8H2,1-3H3,(H,17,18). The number of hydrogen-bond acceptors (Lipinski definition) is 3. The lowest BCUT2D eigenvalue weighted by Crippen LogP contribution is -2.41. The number of rotatable bonds is 3. The minimum absolute atomic E-state index is 0.0383. The number of nitrogens with zero attached hydrogens (tertiary/aromatic N) is 3. The van der Waals surface area contributed by atoms with E-state index in [1.807, 2.05) is 25.7 Å². The Hall–Kier alpha value is -1.83. The first-order valence-electron chi connectivity index (χ1n) is 7.21. The Morgan fingerprint density at radius 3 is 2.65 bits per heavy atom. The molecule has 1 aromatic rings. The Morgan fingerprint density at radius 1 is 1.50 bits per heavy atom. The number of carbonyl (C=O) groups is 1. The number of H-pyrrole nitrogens is 1. The summed E-state index contributed by atoms with van der Waals surface area (Å²) in [7, 11) is 0. The summed E-state index contributed by atoms with van der Waals surface area (Å²) in [5.41, 5.74) is 3.17. The van der Waals surface area contributed by atoms with E-state index in [-0.39, 0.29) is 17.7 Å². The number of amides is 1. The summed E-state index contributed by atoms with van der Waals surface area (Å²) in [6, 6.07) is 2.29. The van der Waals surface area contributed by atoms with E-state index in [1.165, 1.54) is 0 Å². The van der Waals surface area contributed by atoms with Gasteiger partial charge in [0.2, 0.25) is 5.91 Å². The van der Waals surface area contributed by atoms with Gasteiger partial charge < -0.3 is 4.90 Å². The van der Waals surface area contributed by atoms with Crippen molar-refractivity contribution >= 4 is 5.91 Å². The predicted molar refractivity (Wildman–Crippen MR) is 75.8 cm³/mol. The minimum atomic E-state index is -0.0383. The van der Waals surface area contributed by atoms with Gasteiger partial charge in [0, 0.05) is 30.6 Å². The average Bonchev–Trinajstić information content (AvgIpc) is 2.78. The van der Waals surface area contributed by atoms with Crippen LogP contribution >= 0.6 is 0 Å². The first-order valence-corrected chi connectivity index (χ1v) is 7.21. The summed E-state index contributed by atoms with van der Waals surface area (Å²) in [5.74, 6) is 0.276. The molecular weight excluding hydrogens is 252 g/mol. The molecule has 0 saturated carbocycles. The van der Waals surface area contributed by atoms with Crippen LogP contribution in [0.4, 0.5) is 0 Å². The van der Waals surface area contributed by atoms with Crippen molar-refractivity contribution in [3.8, 4) is 6.07 Å². The van der Waals surface area contributed by atoms with Crippen LogP contribution < -0.4 is 0 Å². The van der Waals surface area contributed by atoms with Gasteiger partial charge >= 0.3 is 0 Å². The lowest BCUT2D eigenvalue weighted by molar-refractivity contribution is -0.136. The van der Waals surface area contributed by atoms with Gasteiger partial charge in [-0.15, -0.1) is 0 Å². The largest absolute Gasteiger partial charge is 0.342 e. The van der Waals surface area contributed by atoms with Crippen LogP contribution in [0.15, 0.2) is 0 Å². The molecule has 5 nitrogen and oxygen atoms in total. The topological polar surface area (TPSA) is 72.8 Å². The van der Waals surface area contributed by atoms with E-state index in [0.29, 0.717) is 13.1 Å². The smallest absolute Gasteiger partial charge is 0.225 e. The number of piperidine rings is 1. The quantitative estimate of drug-likeness (QED) is 0.915. The normalized spacial score (nSPS) is 17.8. The Balaban J connectivity index is 1.95. The number of nitrogens with one attached hydrogen (secondary N) is 1. The molecule has 1 amide bonds. The van der Waals surface area contributed by atoms with Crippen molar-refractivity contribution in [1.82, 2.24) is 15.1 Å². The molecule has 1 saturated heterocycles. The number of aromatic amines is 1. The van der Waals surface area contributed by atoms with Crippen LogP contribution in [0.5, 0.6) is 0 Å². The van der Waals surface area contributed by atoms with Gasteiger partial charge in [-0.25, -0.2) is 0 Å². The number of carbonyl (C=O) groups excluding carboxylic acids is 1. The third kappa shape index (κ3) is 3.01. The molecule has 2 heterocycles. The highest BCUT2D eigenvalue weighted by Gasteiger charge is 2.26. The van der Waals surface area contributed by atoms with E-state index in [4.69, 9.17) is 5.26 Å². The van der Waals surface area contributed by atoms with Gasteiger partial charge in [-0.2, -0.15) is 10.4 Å². The molecule has 0 radical (unpaired) electrons. The number of likely N-dealkylation sites (tertiary alicyclic amines) is 1. The number of aryl methyl sites for hydroxylation is 2. The highest BCUT2D eigenvalue weighted by molar-refractivity contribution is 5.79. The van der Waals surface area contributed by atoms with Crippen LogP contribution in [-0.2, 0) is 11.2 Å². The molecule has 108 valence electrons. The van der Waals surface area contributed by atoms with Gasteiger partial charge in [0.1, 0.15) is 0 Å². The maximum Gasteiger partial charge on any atom is 0.225 e. The monoisotopic (exact) mass is 274 g/mol. The first-order chi connectivity index (χ1) is 9.52. The van der Waals surface area contributed by atoms with E-state index in [9.17, 15) is 4.79 Å². The Bertz CT molecular complexity index is 501. The molecule has 1 aliphatic rings. The molecule has 1 aliphatic heterocycles. The van der Waals surface area contributed by atoms with Gasteiger partial charge in [-0.05, 0) is 38.7 Å². The Morgan fingerprint density at radius 2 is 2.15 bits per heavy atom. The maximum atomic E-state index is 12.5. The molecule has 20 heavy (non-hydrogen) atoms. The maximum absolute atomic E-state index is 12.5. The molecular formula is C15H22N4O. The van der Waals surface area contributed by atoms with Crippen LogP contribution in [0, 0.1) is 37.0 Å². The van der Waals surface area contributed by atoms with Crippen molar-refractivity contribution in [3.05, 3.63) is 17.0 Å². The zero-order chi connectivity index (χ0) is 14.7. The van der Waals surface area contributed by atoms with E-state index in [1.54, 1.807) is 0 Å². The number of hydrogen-bond donors (Lipinski definition) is 1. The van der Waals surface area contributed by atoms with Crippen LogP contribution in [0.3, 0.4) is 0 Å². The van der Waals surface area contributed by atoms with Crippen LogP contribution in [-0.4, -0.2) is 34.1 Å². The van der Waals surface area contributed by atoms with Crippen molar-refractivity contribution < 1.29 is 4.79 Å². The van der Waals surface area contributed by atoms with Crippen LogP contribution in [0.2, 0.25) is 0 Å². The van der Waals surface area contributed by atoms with Crippen molar-refractivity contribution in [1.29, 1.82) is 5.26 Å². The summed E-state index contributed by atoms with van der Waals surface area (Å²) in [6.07, 6.45) is 2.34. The fourth-order valence-corrected chi connectivity index (χ4v) is 2.81. The highest BCUT2D eigenvalue weighted by atomic mass is 16.2. The minimum Gasteiger partial charge on any atom is -0.342 e. The molecule has 1 N–H and O–H groups in total. The van der Waals surface area contributed by atoms with Gasteiger partial charge in [0.05, 0.1) is 11.8 Å². The summed E-state index contributed by atoms with van der Waals surface area (Å²) in [6.45, 7) is 7.36. The second kappa shape index (κ2) is 6.08. The molecule has 1 atom stereocenters. The number of nitriles is 1. The average molecular weight is 274 g/mol. The van der Waals surface area contributed by atoms with Gasteiger partial charge in [0.25, 0.3) is 0 Å². The van der Waals surface area contributed by atoms with E-state index >= 15 is 0 Å². The lowest BCUT2D eigenvalue weighted by atomic mass is 9.95. The molecule has 0 bridgehead atoms. The zero-order valence-electron chi connectivity index (χ0n) is 12.4. The molecule has 0 aliphatic carbocycles. The van der Waals surface area contributed by atoms with Gasteiger partial charge in [-0.1, -0.05) is 6.92 Å². The molecule has 0 aromatic carbocycles. The van der Waals surface area contributed by atoms with Gasteiger partial charge in [0.15, 0.2) is 0 Å². The lowest BCUT2D eigenvalue weighted by Gasteiger charge is -2.31. The van der Waals surface area contributed by atoms with E-state index in [0.717, 1.165) is 36.2 Å². The zero-order valence-corrected chi connectivity index (χ0v) is 12.4. The van der Waals surface area contributed by atoms with Crippen molar-refractivity contribution in [3.63, 3.8) is 0 Å². The predicted octanol–water partition coefficient (Wildman–Crippen LogP) is 1.97. The van der Waals surface area contributed by atoms with Crippen molar-refractivity contribution in [2.75, 3.05) is 13.1 Å². The fraction of sp³-hybridized carbons (Fsp3) is 0.667. The molecule has 1 unspecified atom stereocenters. The Labute approximate surface area is 120 Å². The highest BCUT2D eigenvalue weighted by Crippen LogP contribution is 2.21. The summed E-state index contributed by atoms with van der Waals surface area (Å²) < 4.78 is 0. The second-order valence-electron chi connectivity index (χ2n) is 5.75. The molecule has 1 aromatic heterocycles. The van der Waals surface area contributed by atoms with Crippen molar-refractivity contribution in [2.24, 2.45) is 11.8 Å². The first kappa shape index (κ1) is 14.6. The van der Waals surface area contributed by atoms with Gasteiger partial charge in [-0.3, -0.25) is 9.89 Å². The number of aromatic nitrogens is 2. The summed E-state index contributed by atoms with van der Waals surface area (Å²) >= 11 is 0. The van der Waals surface area contributed by atoms with E-state index < -0.39 is 0 Å². The summed E-state index contributed by atoms with van der Waals surface area (Å²) in [5, 5.41) is 16.0. The van der Waals surface area contributed by atoms with Crippen molar-refractivity contribution in [2.45, 2.75) is 40.0 Å². The van der Waals surface area contributed by atoms with Crippen LogP contribution in [0.1, 0.15) is 36.7 Å². The molecule has 1 fully saturated rings. The molecule has 5 heteroatoms. The van der Waals surface area contributed by atoms with Crippen LogP contribution in [0.25, 0.3) is 0 Å². The molecule has 0 spiro atoms. The third-order valence-corrected chi connectivity index (χ3v) is 4.20.